The minimum atomic E-state index is -4.98. The van der Waals surface area contributed by atoms with Gasteiger partial charge in [0.15, 0.2) is 0 Å². The Hall–Kier alpha value is -3.34. The molecule has 0 atom stereocenters. The zero-order valence-corrected chi connectivity index (χ0v) is 19.8. The van der Waals surface area contributed by atoms with E-state index in [1.54, 1.807) is 6.07 Å². The van der Waals surface area contributed by atoms with E-state index in [-0.39, 0.29) is 17.0 Å². The molecule has 194 valence electrons. The highest BCUT2D eigenvalue weighted by Crippen LogP contribution is 2.39. The molecule has 4 rings (SSSR count). The van der Waals surface area contributed by atoms with Crippen LogP contribution in [0.25, 0.3) is 22.3 Å². The van der Waals surface area contributed by atoms with Crippen molar-refractivity contribution < 1.29 is 35.1 Å². The van der Waals surface area contributed by atoms with Crippen LogP contribution in [-0.4, -0.2) is 6.18 Å². The summed E-state index contributed by atoms with van der Waals surface area (Å²) in [6.45, 7) is 2.15. The van der Waals surface area contributed by atoms with Gasteiger partial charge in [0.2, 0.25) is 0 Å². The van der Waals surface area contributed by atoms with Crippen LogP contribution < -0.4 is 0 Å². The van der Waals surface area contributed by atoms with E-state index in [1.807, 2.05) is 0 Å². The zero-order valence-electron chi connectivity index (χ0n) is 19.8. The van der Waals surface area contributed by atoms with Crippen molar-refractivity contribution in [3.8, 4) is 34.1 Å². The Labute approximate surface area is 209 Å². The van der Waals surface area contributed by atoms with E-state index in [1.165, 1.54) is 18.1 Å². The van der Waals surface area contributed by atoms with Crippen LogP contribution in [0.2, 0.25) is 0 Å². The van der Waals surface area contributed by atoms with Crippen LogP contribution in [0.3, 0.4) is 0 Å². The number of hydrogen-bond donors (Lipinski definition) is 0. The van der Waals surface area contributed by atoms with Crippen LogP contribution >= 0.6 is 0 Å². The van der Waals surface area contributed by atoms with Crippen molar-refractivity contribution in [3.63, 3.8) is 0 Å². The molecule has 0 nitrogen and oxygen atoms in total. The zero-order chi connectivity index (χ0) is 26.9. The number of benzene rings is 3. The fraction of sp³-hybridized carbons (Fsp3) is 0.310. The van der Waals surface area contributed by atoms with Crippen molar-refractivity contribution in [2.24, 2.45) is 5.92 Å². The topological polar surface area (TPSA) is 0 Å². The summed E-state index contributed by atoms with van der Waals surface area (Å²) in [5.41, 5.74) is -1.87. The molecule has 37 heavy (non-hydrogen) atoms. The summed E-state index contributed by atoms with van der Waals surface area (Å²) in [6, 6.07) is 7.25. The lowest BCUT2D eigenvalue weighted by molar-refractivity contribution is -0.0696. The Bertz CT molecular complexity index is 1320. The second-order valence-corrected chi connectivity index (χ2v) is 9.24. The molecule has 1 saturated carbocycles. The highest BCUT2D eigenvalue weighted by Gasteiger charge is 2.25. The normalized spacial score (nSPS) is 17.9. The molecular weight excluding hydrogens is 500 g/mol. The third-order valence-electron chi connectivity index (χ3n) is 6.90. The van der Waals surface area contributed by atoms with Gasteiger partial charge in [-0.1, -0.05) is 31.4 Å². The van der Waals surface area contributed by atoms with Gasteiger partial charge in [0.1, 0.15) is 29.1 Å². The van der Waals surface area contributed by atoms with E-state index in [0.29, 0.717) is 18.1 Å². The largest absolute Gasteiger partial charge is 0.458 e. The fourth-order valence-electron chi connectivity index (χ4n) is 4.90. The van der Waals surface area contributed by atoms with Gasteiger partial charge in [-0.2, -0.15) is 13.2 Å². The lowest BCUT2D eigenvalue weighted by Crippen LogP contribution is -2.12. The van der Waals surface area contributed by atoms with Crippen LogP contribution in [0.15, 0.2) is 42.5 Å². The van der Waals surface area contributed by atoms with Crippen LogP contribution in [0.1, 0.15) is 56.1 Å². The molecule has 0 aliphatic heterocycles. The highest BCUT2D eigenvalue weighted by molar-refractivity contribution is 5.73. The molecule has 1 aliphatic rings. The van der Waals surface area contributed by atoms with E-state index >= 15 is 0 Å². The first-order valence-corrected chi connectivity index (χ1v) is 11.8. The number of alkyl halides is 3. The summed E-state index contributed by atoms with van der Waals surface area (Å²) in [7, 11) is 0. The Morgan fingerprint density at radius 1 is 0.730 bits per heavy atom. The van der Waals surface area contributed by atoms with Gasteiger partial charge in [0.05, 0.1) is 11.1 Å². The summed E-state index contributed by atoms with van der Waals surface area (Å²) in [4.78, 5) is 0. The lowest BCUT2D eigenvalue weighted by Gasteiger charge is -2.28. The molecule has 3 aromatic carbocycles. The summed E-state index contributed by atoms with van der Waals surface area (Å²) in [6.07, 6.45) is 0.168. The van der Waals surface area contributed by atoms with Gasteiger partial charge in [-0.05, 0) is 84.5 Å². The fourth-order valence-corrected chi connectivity index (χ4v) is 4.90. The smallest absolute Gasteiger partial charge is 0.206 e. The Morgan fingerprint density at radius 3 is 1.81 bits per heavy atom. The van der Waals surface area contributed by atoms with Gasteiger partial charge in [-0.25, -0.2) is 22.0 Å². The molecule has 0 saturated heterocycles. The maximum Gasteiger partial charge on any atom is 0.458 e. The first-order valence-electron chi connectivity index (χ1n) is 11.8. The van der Waals surface area contributed by atoms with Gasteiger partial charge in [-0.15, -0.1) is 0 Å². The molecule has 0 bridgehead atoms. The summed E-state index contributed by atoms with van der Waals surface area (Å²) >= 11 is 0. The molecule has 0 unspecified atom stereocenters. The van der Waals surface area contributed by atoms with Gasteiger partial charge in [-0.3, -0.25) is 0 Å². The van der Waals surface area contributed by atoms with Crippen LogP contribution in [0, 0.1) is 46.8 Å². The van der Waals surface area contributed by atoms with Crippen LogP contribution in [-0.2, 0) is 0 Å². The van der Waals surface area contributed by atoms with Crippen LogP contribution in [0.5, 0.6) is 0 Å². The second kappa shape index (κ2) is 10.6. The van der Waals surface area contributed by atoms with Gasteiger partial charge in [0, 0.05) is 11.5 Å². The van der Waals surface area contributed by atoms with E-state index in [0.717, 1.165) is 55.7 Å². The average molecular weight is 522 g/mol. The quantitative estimate of drug-likeness (QED) is 0.237. The predicted molar refractivity (Wildman–Crippen MR) is 125 cm³/mol. The SMILES string of the molecule is CCC1CCC(c2ccc(-c3cc(F)c(-c4cc(F)c(C#CC(F)(F)F)c(F)c4)c(F)c3)c(F)c2)CC1. The Kier molecular flexibility index (Phi) is 7.63. The molecule has 0 aromatic heterocycles. The van der Waals surface area contributed by atoms with E-state index in [9.17, 15) is 35.1 Å². The van der Waals surface area contributed by atoms with Crippen molar-refractivity contribution in [1.82, 2.24) is 0 Å². The number of rotatable bonds is 4. The van der Waals surface area contributed by atoms with Crippen LogP contribution in [0.4, 0.5) is 35.1 Å². The maximum atomic E-state index is 15.0. The minimum Gasteiger partial charge on any atom is -0.206 e. The number of hydrogen-bond acceptors (Lipinski definition) is 0. The summed E-state index contributed by atoms with van der Waals surface area (Å²) in [5.74, 6) is -3.12. The third kappa shape index (κ3) is 5.98. The molecular formula is C29H22F8. The summed E-state index contributed by atoms with van der Waals surface area (Å²) in [5, 5.41) is 0. The van der Waals surface area contributed by atoms with Crippen molar-refractivity contribution in [1.29, 1.82) is 0 Å². The molecule has 3 aromatic rings. The molecule has 1 fully saturated rings. The number of halogens is 8. The van der Waals surface area contributed by atoms with E-state index < -0.39 is 52.0 Å². The molecule has 8 heteroatoms. The Balaban J connectivity index is 1.64. The molecule has 0 amide bonds. The van der Waals surface area contributed by atoms with Gasteiger partial charge >= 0.3 is 6.18 Å². The third-order valence-corrected chi connectivity index (χ3v) is 6.90. The first kappa shape index (κ1) is 26.7. The lowest BCUT2D eigenvalue weighted by atomic mass is 9.77. The first-order chi connectivity index (χ1) is 17.5. The van der Waals surface area contributed by atoms with Crippen molar-refractivity contribution in [2.45, 2.75) is 51.1 Å². The second-order valence-electron chi connectivity index (χ2n) is 9.24. The molecule has 0 radical (unpaired) electrons. The van der Waals surface area contributed by atoms with Gasteiger partial charge < -0.3 is 0 Å². The minimum absolute atomic E-state index is 0.0366. The van der Waals surface area contributed by atoms with E-state index in [2.05, 4.69) is 6.92 Å². The molecule has 0 spiro atoms. The maximum absolute atomic E-state index is 15.0. The average Bonchev–Trinajstić information content (AvgIpc) is 2.82. The van der Waals surface area contributed by atoms with Crippen molar-refractivity contribution in [2.75, 3.05) is 0 Å². The van der Waals surface area contributed by atoms with Crippen molar-refractivity contribution in [3.05, 3.63) is 82.7 Å². The summed E-state index contributed by atoms with van der Waals surface area (Å²) < 4.78 is 110. The van der Waals surface area contributed by atoms with Gasteiger partial charge in [0.25, 0.3) is 0 Å². The molecule has 1 aliphatic carbocycles. The standard InChI is InChI=1S/C29H22F8/c1-2-16-3-5-17(6-4-16)18-7-8-21(23(30)11-18)19-12-26(33)28(27(34)13-19)20-14-24(31)22(25(32)15-20)9-10-29(35,36)37/h7-8,11-17H,2-6H2,1H3. The van der Waals surface area contributed by atoms with Crippen molar-refractivity contribution >= 4 is 0 Å². The Morgan fingerprint density at radius 2 is 1.30 bits per heavy atom. The predicted octanol–water partition coefficient (Wildman–Crippen LogP) is 9.31. The molecule has 0 heterocycles. The monoisotopic (exact) mass is 522 g/mol. The molecule has 0 N–H and O–H groups in total. The highest BCUT2D eigenvalue weighted by atomic mass is 19.4. The van der Waals surface area contributed by atoms with E-state index in [4.69, 9.17) is 0 Å².